The Hall–Kier alpha value is -4.13. The van der Waals surface area contributed by atoms with Crippen LogP contribution in [-0.2, 0) is 4.79 Å². The van der Waals surface area contributed by atoms with Gasteiger partial charge >= 0.3 is 0 Å². The molecule has 3 N–H and O–H groups in total. The van der Waals surface area contributed by atoms with Gasteiger partial charge in [0.15, 0.2) is 6.10 Å². The Balaban J connectivity index is 1.56. The predicted molar refractivity (Wildman–Crippen MR) is 135 cm³/mol. The van der Waals surface area contributed by atoms with Gasteiger partial charge in [0.1, 0.15) is 11.6 Å². The summed E-state index contributed by atoms with van der Waals surface area (Å²) in [7, 11) is 0. The number of aryl methyl sites for hydroxylation is 1. The number of nitrogens with two attached hydrogens (primary N) is 1. The molecule has 1 amide bonds. The van der Waals surface area contributed by atoms with Crippen LogP contribution >= 0.6 is 0 Å². The van der Waals surface area contributed by atoms with Crippen molar-refractivity contribution in [3.8, 4) is 11.4 Å². The Labute approximate surface area is 198 Å². The average Bonchev–Trinajstić information content (AvgIpc) is 2.80. The highest BCUT2D eigenvalue weighted by Gasteiger charge is 2.23. The second kappa shape index (κ2) is 9.79. The fourth-order valence-electron chi connectivity index (χ4n) is 3.84. The first kappa shape index (κ1) is 23.0. The number of amides is 1. The molecule has 1 atom stereocenters. The fourth-order valence-corrected chi connectivity index (χ4v) is 3.84. The lowest BCUT2D eigenvalue weighted by Gasteiger charge is -2.21. The van der Waals surface area contributed by atoms with Crippen molar-refractivity contribution in [1.82, 2.24) is 9.55 Å². The van der Waals surface area contributed by atoms with Gasteiger partial charge in [-0.15, -0.1) is 0 Å². The zero-order valence-corrected chi connectivity index (χ0v) is 19.5. The molecule has 0 spiro atoms. The van der Waals surface area contributed by atoms with Crippen molar-refractivity contribution >= 4 is 28.2 Å². The lowest BCUT2D eigenvalue weighted by atomic mass is 10.0. The number of nitrogens with zero attached hydrogens (tertiary/aromatic N) is 2. The third-order valence-corrected chi connectivity index (χ3v) is 5.59. The first-order valence-electron chi connectivity index (χ1n) is 11.2. The highest BCUT2D eigenvalue weighted by molar-refractivity contribution is 5.95. The molecule has 0 aliphatic carbocycles. The largest absolute Gasteiger partial charge is 0.481 e. The summed E-state index contributed by atoms with van der Waals surface area (Å²) >= 11 is 0. The van der Waals surface area contributed by atoms with Crippen LogP contribution in [0.25, 0.3) is 16.5 Å². The van der Waals surface area contributed by atoms with Gasteiger partial charge in [0.25, 0.3) is 11.5 Å². The smallest absolute Gasteiger partial charge is 0.265 e. The van der Waals surface area contributed by atoms with E-state index >= 15 is 0 Å². The molecule has 0 saturated heterocycles. The van der Waals surface area contributed by atoms with Crippen molar-refractivity contribution in [3.63, 3.8) is 0 Å². The van der Waals surface area contributed by atoms with Crippen LogP contribution in [-0.4, -0.2) is 21.6 Å². The van der Waals surface area contributed by atoms with Crippen LogP contribution in [0.2, 0.25) is 0 Å². The molecule has 174 valence electrons. The van der Waals surface area contributed by atoms with Crippen molar-refractivity contribution in [2.24, 2.45) is 5.92 Å². The molecule has 2 aromatic heterocycles. The molecular weight excluding hydrogens is 428 g/mol. The maximum absolute atomic E-state index is 13.2. The van der Waals surface area contributed by atoms with Gasteiger partial charge in [-0.3, -0.25) is 14.2 Å². The zero-order valence-electron chi connectivity index (χ0n) is 19.5. The van der Waals surface area contributed by atoms with E-state index in [9.17, 15) is 9.59 Å². The Morgan fingerprint density at radius 1 is 1.12 bits per heavy atom. The van der Waals surface area contributed by atoms with E-state index < -0.39 is 6.10 Å². The summed E-state index contributed by atoms with van der Waals surface area (Å²) in [5.74, 6) is 0.988. The molecule has 4 rings (SSSR count). The van der Waals surface area contributed by atoms with Crippen molar-refractivity contribution in [3.05, 3.63) is 89.0 Å². The number of aromatic nitrogens is 2. The fraction of sp³-hybridized carbons (Fsp3) is 0.222. The molecular formula is C27H28N4O3. The number of fused-ring (bicyclic) bond motifs is 1. The maximum atomic E-state index is 13.2. The van der Waals surface area contributed by atoms with Crippen LogP contribution in [0.15, 0.2) is 77.9 Å². The summed E-state index contributed by atoms with van der Waals surface area (Å²) in [6, 6.07) is 17.9. The van der Waals surface area contributed by atoms with Crippen molar-refractivity contribution in [1.29, 1.82) is 0 Å². The van der Waals surface area contributed by atoms with Crippen LogP contribution in [0, 0.1) is 12.8 Å². The Morgan fingerprint density at radius 3 is 2.68 bits per heavy atom. The molecule has 1 unspecified atom stereocenters. The summed E-state index contributed by atoms with van der Waals surface area (Å²) in [5.41, 5.74) is 8.14. The SMILES string of the molecule is Cc1cc(-n2ccccc2=O)ccc1NC(=O)C(CC(C)C)Oc1ccc2ccnc(N)c2c1. The Kier molecular flexibility index (Phi) is 6.63. The quantitative estimate of drug-likeness (QED) is 0.420. The number of carbonyl (C=O) groups is 1. The van der Waals surface area contributed by atoms with E-state index in [4.69, 9.17) is 10.5 Å². The molecule has 4 aromatic rings. The summed E-state index contributed by atoms with van der Waals surface area (Å²) in [5, 5.41) is 4.73. The van der Waals surface area contributed by atoms with Gasteiger partial charge in [-0.05, 0) is 72.7 Å². The first-order valence-corrected chi connectivity index (χ1v) is 11.2. The number of carbonyl (C=O) groups excluding carboxylic acids is 1. The van der Waals surface area contributed by atoms with Gasteiger partial charge in [0.05, 0.1) is 0 Å². The summed E-state index contributed by atoms with van der Waals surface area (Å²) in [6.45, 7) is 5.98. The minimum atomic E-state index is -0.689. The molecule has 0 radical (unpaired) electrons. The lowest BCUT2D eigenvalue weighted by Crippen LogP contribution is -2.34. The van der Waals surface area contributed by atoms with Crippen LogP contribution in [0.4, 0.5) is 11.5 Å². The number of pyridine rings is 2. The van der Waals surface area contributed by atoms with E-state index in [1.165, 1.54) is 6.07 Å². The van der Waals surface area contributed by atoms with Crippen LogP contribution in [0.3, 0.4) is 0 Å². The second-order valence-corrected chi connectivity index (χ2v) is 8.71. The van der Waals surface area contributed by atoms with Crippen LogP contribution in [0.5, 0.6) is 5.75 Å². The number of anilines is 2. The van der Waals surface area contributed by atoms with Crippen LogP contribution < -0.4 is 21.3 Å². The predicted octanol–water partition coefficient (Wildman–Crippen LogP) is 4.71. The van der Waals surface area contributed by atoms with Gasteiger partial charge in [0, 0.05) is 35.2 Å². The Bertz CT molecular complexity index is 1390. The molecule has 7 heteroatoms. The van der Waals surface area contributed by atoms with Gasteiger partial charge < -0.3 is 15.8 Å². The van der Waals surface area contributed by atoms with Gasteiger partial charge in [-0.1, -0.05) is 26.0 Å². The number of hydrogen-bond acceptors (Lipinski definition) is 5. The molecule has 0 aliphatic rings. The van der Waals surface area contributed by atoms with Gasteiger partial charge in [-0.2, -0.15) is 0 Å². The molecule has 0 fully saturated rings. The van der Waals surface area contributed by atoms with Crippen LogP contribution in [0.1, 0.15) is 25.8 Å². The molecule has 2 heterocycles. The number of rotatable bonds is 7. The summed E-state index contributed by atoms with van der Waals surface area (Å²) in [4.78, 5) is 29.5. The van der Waals surface area contributed by atoms with Crippen molar-refractivity contribution < 1.29 is 9.53 Å². The highest BCUT2D eigenvalue weighted by Crippen LogP contribution is 2.26. The first-order chi connectivity index (χ1) is 16.3. The highest BCUT2D eigenvalue weighted by atomic mass is 16.5. The normalized spacial score (nSPS) is 12.0. The number of benzene rings is 2. The molecule has 0 saturated carbocycles. The molecule has 7 nitrogen and oxygen atoms in total. The second-order valence-electron chi connectivity index (χ2n) is 8.71. The molecule has 0 aliphatic heterocycles. The minimum Gasteiger partial charge on any atom is -0.481 e. The van der Waals surface area contributed by atoms with Gasteiger partial charge in [0.2, 0.25) is 0 Å². The third kappa shape index (κ3) is 5.09. The number of nitrogen functional groups attached to an aromatic ring is 1. The number of ether oxygens (including phenoxy) is 1. The van der Waals surface area contributed by atoms with Gasteiger partial charge in [-0.25, -0.2) is 4.98 Å². The topological polar surface area (TPSA) is 99.2 Å². The van der Waals surface area contributed by atoms with E-state index in [2.05, 4.69) is 10.3 Å². The minimum absolute atomic E-state index is 0.115. The van der Waals surface area contributed by atoms with E-state index in [0.29, 0.717) is 23.7 Å². The zero-order chi connectivity index (χ0) is 24.2. The molecule has 2 aromatic carbocycles. The van der Waals surface area contributed by atoms with Crippen molar-refractivity contribution in [2.75, 3.05) is 11.1 Å². The maximum Gasteiger partial charge on any atom is 0.265 e. The third-order valence-electron chi connectivity index (χ3n) is 5.59. The molecule has 0 bridgehead atoms. The van der Waals surface area contributed by atoms with E-state index in [1.807, 2.05) is 51.1 Å². The summed E-state index contributed by atoms with van der Waals surface area (Å²) in [6.07, 6.45) is 3.23. The average molecular weight is 457 g/mol. The van der Waals surface area contributed by atoms with E-state index in [-0.39, 0.29) is 17.4 Å². The summed E-state index contributed by atoms with van der Waals surface area (Å²) < 4.78 is 7.69. The lowest BCUT2D eigenvalue weighted by molar-refractivity contribution is -0.123. The monoisotopic (exact) mass is 456 g/mol. The van der Waals surface area contributed by atoms with Crippen molar-refractivity contribution in [2.45, 2.75) is 33.3 Å². The Morgan fingerprint density at radius 2 is 1.94 bits per heavy atom. The standard InChI is InChI=1S/C27H28N4O3/c1-17(2)14-24(34-21-9-7-19-11-12-29-26(28)22(19)16-21)27(33)30-23-10-8-20(15-18(23)3)31-13-5-4-6-25(31)32/h4-13,15-17,24H,14H2,1-3H3,(H2,28,29)(H,30,33). The molecule has 34 heavy (non-hydrogen) atoms. The number of hydrogen-bond donors (Lipinski definition) is 2. The number of nitrogens with one attached hydrogen (secondary N) is 1. The van der Waals surface area contributed by atoms with E-state index in [0.717, 1.165) is 22.0 Å². The van der Waals surface area contributed by atoms with E-state index in [1.54, 1.807) is 41.2 Å².